The van der Waals surface area contributed by atoms with Gasteiger partial charge in [-0.25, -0.2) is 4.39 Å². The molecule has 25 heavy (non-hydrogen) atoms. The van der Waals surface area contributed by atoms with Crippen LogP contribution >= 0.6 is 0 Å². The highest BCUT2D eigenvalue weighted by atomic mass is 19.1. The number of nitrogens with zero attached hydrogens (tertiary/aromatic N) is 1. The maximum absolute atomic E-state index is 14.7. The van der Waals surface area contributed by atoms with Gasteiger partial charge in [0.25, 0.3) is 0 Å². The normalized spacial score (nSPS) is 16.9. The van der Waals surface area contributed by atoms with Gasteiger partial charge in [-0.15, -0.1) is 0 Å². The fraction of sp³-hybridized carbons (Fsp3) is 0.400. The molecule has 1 heterocycles. The largest absolute Gasteiger partial charge is 0.497 e. The molecule has 134 valence electrons. The quantitative estimate of drug-likeness (QED) is 0.903. The molecular weight excluding hydrogens is 319 g/mol. The van der Waals surface area contributed by atoms with Crippen LogP contribution in [-0.4, -0.2) is 45.3 Å². The zero-order valence-electron chi connectivity index (χ0n) is 14.8. The Balaban J connectivity index is 2.09. The fourth-order valence-electron chi connectivity index (χ4n) is 3.43. The van der Waals surface area contributed by atoms with Crippen molar-refractivity contribution in [2.24, 2.45) is 0 Å². The van der Waals surface area contributed by atoms with Crippen molar-refractivity contribution in [1.82, 2.24) is 10.2 Å². The van der Waals surface area contributed by atoms with Crippen LogP contribution < -0.4 is 14.8 Å². The molecule has 1 atom stereocenters. The summed E-state index contributed by atoms with van der Waals surface area (Å²) in [6.45, 7) is 3.64. The number of halogens is 1. The van der Waals surface area contributed by atoms with E-state index in [1.54, 1.807) is 20.3 Å². The lowest BCUT2D eigenvalue weighted by molar-refractivity contribution is 0.232. The molecule has 0 spiro atoms. The average Bonchev–Trinajstić information content (AvgIpc) is 2.93. The summed E-state index contributed by atoms with van der Waals surface area (Å²) in [5.41, 5.74) is 1.63. The van der Waals surface area contributed by atoms with Crippen molar-refractivity contribution >= 4 is 0 Å². The highest BCUT2D eigenvalue weighted by Gasteiger charge is 2.28. The second kappa shape index (κ2) is 8.32. The van der Waals surface area contributed by atoms with E-state index >= 15 is 0 Å². The van der Waals surface area contributed by atoms with Crippen LogP contribution in [0.15, 0.2) is 42.5 Å². The van der Waals surface area contributed by atoms with Crippen LogP contribution in [0.1, 0.15) is 23.6 Å². The monoisotopic (exact) mass is 344 g/mol. The molecule has 4 nitrogen and oxygen atoms in total. The summed E-state index contributed by atoms with van der Waals surface area (Å²) in [6.07, 6.45) is 1.03. The Kier molecular flexibility index (Phi) is 5.89. The molecule has 1 unspecified atom stereocenters. The lowest BCUT2D eigenvalue weighted by Gasteiger charge is -2.32. The summed E-state index contributed by atoms with van der Waals surface area (Å²) in [4.78, 5) is 2.32. The van der Waals surface area contributed by atoms with E-state index in [1.807, 2.05) is 30.3 Å². The van der Waals surface area contributed by atoms with Crippen LogP contribution in [0.25, 0.3) is 0 Å². The number of ether oxygens (including phenoxy) is 2. The molecule has 1 saturated heterocycles. The SMILES string of the molecule is COc1ccc(C(c2ccccc2F)N2CCCNCC2)c(OC)c1. The van der Waals surface area contributed by atoms with Crippen molar-refractivity contribution in [3.63, 3.8) is 0 Å². The van der Waals surface area contributed by atoms with Crippen LogP contribution in [0.5, 0.6) is 11.5 Å². The first kappa shape index (κ1) is 17.7. The van der Waals surface area contributed by atoms with Gasteiger partial charge in [-0.3, -0.25) is 4.90 Å². The standard InChI is InChI=1S/C20H25FN2O2/c1-24-15-8-9-17(19(14-15)25-2)20(16-6-3-4-7-18(16)21)23-12-5-10-22-11-13-23/h3-4,6-9,14,20,22H,5,10-13H2,1-2H3. The van der Waals surface area contributed by atoms with Gasteiger partial charge in [0.1, 0.15) is 17.3 Å². The minimum absolute atomic E-state index is 0.192. The molecule has 1 fully saturated rings. The highest BCUT2D eigenvalue weighted by Crippen LogP contribution is 2.38. The molecule has 0 amide bonds. The molecule has 0 saturated carbocycles. The molecule has 2 aromatic carbocycles. The minimum Gasteiger partial charge on any atom is -0.497 e. The number of nitrogens with one attached hydrogen (secondary N) is 1. The molecule has 1 N–H and O–H groups in total. The topological polar surface area (TPSA) is 33.7 Å². The third-order valence-electron chi connectivity index (χ3n) is 4.67. The number of hydrogen-bond acceptors (Lipinski definition) is 4. The molecule has 1 aliphatic rings. The minimum atomic E-state index is -0.193. The van der Waals surface area contributed by atoms with E-state index in [4.69, 9.17) is 9.47 Å². The van der Waals surface area contributed by atoms with Crippen LogP contribution in [0.3, 0.4) is 0 Å². The molecule has 0 aromatic heterocycles. The Morgan fingerprint density at radius 2 is 1.84 bits per heavy atom. The molecular formula is C20H25FN2O2. The summed E-state index contributed by atoms with van der Waals surface area (Å²) < 4.78 is 25.6. The molecule has 1 aliphatic heterocycles. The van der Waals surface area contributed by atoms with Gasteiger partial charge >= 0.3 is 0 Å². The van der Waals surface area contributed by atoms with Crippen LogP contribution in [0, 0.1) is 5.82 Å². The van der Waals surface area contributed by atoms with Gasteiger partial charge in [0, 0.05) is 36.8 Å². The van der Waals surface area contributed by atoms with Crippen molar-refractivity contribution < 1.29 is 13.9 Å². The molecule has 3 rings (SSSR count). The van der Waals surface area contributed by atoms with Gasteiger partial charge in [-0.05, 0) is 31.2 Å². The zero-order chi connectivity index (χ0) is 17.6. The number of benzene rings is 2. The first-order valence-electron chi connectivity index (χ1n) is 8.65. The highest BCUT2D eigenvalue weighted by molar-refractivity contribution is 5.46. The maximum atomic E-state index is 14.7. The number of methoxy groups -OCH3 is 2. The predicted molar refractivity (Wildman–Crippen MR) is 96.8 cm³/mol. The third-order valence-corrected chi connectivity index (χ3v) is 4.67. The summed E-state index contributed by atoms with van der Waals surface area (Å²) in [6, 6.07) is 12.6. The van der Waals surface area contributed by atoms with Crippen LogP contribution in [0.2, 0.25) is 0 Å². The lowest BCUT2D eigenvalue weighted by Crippen LogP contribution is -2.33. The van der Waals surface area contributed by atoms with Gasteiger partial charge in [-0.1, -0.05) is 18.2 Å². The first-order valence-corrected chi connectivity index (χ1v) is 8.65. The van der Waals surface area contributed by atoms with Crippen molar-refractivity contribution in [3.05, 3.63) is 59.4 Å². The van der Waals surface area contributed by atoms with Crippen LogP contribution in [-0.2, 0) is 0 Å². The molecule has 2 aromatic rings. The van der Waals surface area contributed by atoms with E-state index < -0.39 is 0 Å². The Labute approximate surface area is 148 Å². The van der Waals surface area contributed by atoms with Crippen molar-refractivity contribution in [2.45, 2.75) is 12.5 Å². The van der Waals surface area contributed by atoms with E-state index in [2.05, 4.69) is 10.2 Å². The zero-order valence-corrected chi connectivity index (χ0v) is 14.8. The number of rotatable bonds is 5. The average molecular weight is 344 g/mol. The van der Waals surface area contributed by atoms with Crippen molar-refractivity contribution in [1.29, 1.82) is 0 Å². The fourth-order valence-corrected chi connectivity index (χ4v) is 3.43. The lowest BCUT2D eigenvalue weighted by atomic mass is 9.95. The van der Waals surface area contributed by atoms with E-state index in [0.717, 1.165) is 43.9 Å². The molecule has 5 heteroatoms. The predicted octanol–water partition coefficient (Wildman–Crippen LogP) is 3.23. The van der Waals surface area contributed by atoms with E-state index in [9.17, 15) is 4.39 Å². The van der Waals surface area contributed by atoms with Gasteiger partial charge in [0.2, 0.25) is 0 Å². The Bertz CT molecular complexity index is 700. The van der Waals surface area contributed by atoms with Crippen molar-refractivity contribution in [3.8, 4) is 11.5 Å². The summed E-state index contributed by atoms with van der Waals surface area (Å²) >= 11 is 0. The summed E-state index contributed by atoms with van der Waals surface area (Å²) in [7, 11) is 3.27. The smallest absolute Gasteiger partial charge is 0.128 e. The van der Waals surface area contributed by atoms with Crippen LogP contribution in [0.4, 0.5) is 4.39 Å². The third kappa shape index (κ3) is 3.94. The summed E-state index contributed by atoms with van der Waals surface area (Å²) in [5, 5.41) is 3.41. The second-order valence-corrected chi connectivity index (χ2v) is 6.17. The molecule has 0 radical (unpaired) electrons. The molecule has 0 bridgehead atoms. The molecule has 0 aliphatic carbocycles. The van der Waals surface area contributed by atoms with Gasteiger partial charge in [0.15, 0.2) is 0 Å². The van der Waals surface area contributed by atoms with Crippen molar-refractivity contribution in [2.75, 3.05) is 40.4 Å². The van der Waals surface area contributed by atoms with E-state index in [-0.39, 0.29) is 11.9 Å². The summed E-state index contributed by atoms with van der Waals surface area (Å²) in [5.74, 6) is 1.25. The van der Waals surface area contributed by atoms with Gasteiger partial charge < -0.3 is 14.8 Å². The Morgan fingerprint density at radius 3 is 2.60 bits per heavy atom. The van der Waals surface area contributed by atoms with Gasteiger partial charge in [-0.2, -0.15) is 0 Å². The number of hydrogen-bond donors (Lipinski definition) is 1. The second-order valence-electron chi connectivity index (χ2n) is 6.17. The van der Waals surface area contributed by atoms with E-state index in [0.29, 0.717) is 11.3 Å². The van der Waals surface area contributed by atoms with Gasteiger partial charge in [0.05, 0.1) is 20.3 Å². The Morgan fingerprint density at radius 1 is 1.00 bits per heavy atom. The Hall–Kier alpha value is -2.11. The van der Waals surface area contributed by atoms with E-state index in [1.165, 1.54) is 6.07 Å². The first-order chi connectivity index (χ1) is 12.2. The maximum Gasteiger partial charge on any atom is 0.128 e.